The summed E-state index contributed by atoms with van der Waals surface area (Å²) in [6.07, 6.45) is 1.38. The summed E-state index contributed by atoms with van der Waals surface area (Å²) in [4.78, 5) is 2.13. The third kappa shape index (κ3) is 2.65. The van der Waals surface area contributed by atoms with Gasteiger partial charge in [-0.1, -0.05) is 6.07 Å². The number of hydrogen-bond acceptors (Lipinski definition) is 3. The van der Waals surface area contributed by atoms with Gasteiger partial charge in [0, 0.05) is 31.5 Å². The van der Waals surface area contributed by atoms with Crippen molar-refractivity contribution in [3.8, 4) is 0 Å². The summed E-state index contributed by atoms with van der Waals surface area (Å²) in [5, 5.41) is 9.72. The highest BCUT2D eigenvalue weighted by Crippen LogP contribution is 2.31. The first kappa shape index (κ1) is 13.3. The zero-order valence-electron chi connectivity index (χ0n) is 10.9. The summed E-state index contributed by atoms with van der Waals surface area (Å²) < 4.78 is 19.1. The minimum absolute atomic E-state index is 0.296. The Kier molecular flexibility index (Phi) is 4.19. The standard InChI is InChI=1S/C14H20FNO2/c1-10(17)14-12(15)4-3-5-13(14)16-8-6-11(18-2)7-9-16/h3-5,10-11,17H,6-9H2,1-2H3/t10-/m1/s1. The molecule has 4 heteroatoms. The van der Waals surface area contributed by atoms with Crippen LogP contribution in [0.15, 0.2) is 18.2 Å². The van der Waals surface area contributed by atoms with E-state index in [0.29, 0.717) is 11.7 Å². The summed E-state index contributed by atoms with van der Waals surface area (Å²) in [6.45, 7) is 3.27. The molecule has 18 heavy (non-hydrogen) atoms. The van der Waals surface area contributed by atoms with Crippen molar-refractivity contribution in [2.45, 2.75) is 32.0 Å². The molecule has 0 aliphatic carbocycles. The number of methoxy groups -OCH3 is 1. The molecular weight excluding hydrogens is 233 g/mol. The predicted octanol–water partition coefficient (Wildman–Crippen LogP) is 2.49. The maximum atomic E-state index is 13.8. The van der Waals surface area contributed by atoms with Gasteiger partial charge in [0.1, 0.15) is 5.82 Å². The lowest BCUT2D eigenvalue weighted by atomic mass is 10.0. The largest absolute Gasteiger partial charge is 0.389 e. The van der Waals surface area contributed by atoms with E-state index < -0.39 is 6.10 Å². The van der Waals surface area contributed by atoms with Crippen LogP contribution in [0.2, 0.25) is 0 Å². The summed E-state index contributed by atoms with van der Waals surface area (Å²) >= 11 is 0. The maximum Gasteiger partial charge on any atom is 0.131 e. The molecular formula is C14H20FNO2. The monoisotopic (exact) mass is 253 g/mol. The van der Waals surface area contributed by atoms with Crippen molar-refractivity contribution in [1.29, 1.82) is 0 Å². The Morgan fingerprint density at radius 2 is 2.06 bits per heavy atom. The van der Waals surface area contributed by atoms with Gasteiger partial charge in [-0.3, -0.25) is 0 Å². The lowest BCUT2D eigenvalue weighted by Crippen LogP contribution is -2.37. The molecule has 1 aliphatic rings. The van der Waals surface area contributed by atoms with Crippen LogP contribution in [0.4, 0.5) is 10.1 Å². The Labute approximate surface area is 107 Å². The van der Waals surface area contributed by atoms with Crippen LogP contribution >= 0.6 is 0 Å². The van der Waals surface area contributed by atoms with E-state index in [1.54, 1.807) is 20.1 Å². The molecule has 0 bridgehead atoms. The highest BCUT2D eigenvalue weighted by atomic mass is 19.1. The van der Waals surface area contributed by atoms with Gasteiger partial charge in [0.15, 0.2) is 0 Å². The Hall–Kier alpha value is -1.13. The lowest BCUT2D eigenvalue weighted by Gasteiger charge is -2.34. The molecule has 1 saturated heterocycles. The zero-order valence-corrected chi connectivity index (χ0v) is 10.9. The van der Waals surface area contributed by atoms with Gasteiger partial charge in [-0.25, -0.2) is 4.39 Å². The molecule has 2 rings (SSSR count). The summed E-state index contributed by atoms with van der Waals surface area (Å²) in [7, 11) is 1.73. The molecule has 1 aromatic carbocycles. The highest BCUT2D eigenvalue weighted by molar-refractivity contribution is 5.55. The minimum atomic E-state index is -0.790. The third-order valence-electron chi connectivity index (χ3n) is 3.56. The molecule has 1 fully saturated rings. The summed E-state index contributed by atoms with van der Waals surface area (Å²) in [5.74, 6) is -0.337. The van der Waals surface area contributed by atoms with Crippen molar-refractivity contribution in [2.75, 3.05) is 25.1 Å². The molecule has 0 spiro atoms. The lowest BCUT2D eigenvalue weighted by molar-refractivity contribution is 0.0818. The number of aliphatic hydroxyl groups is 1. The second kappa shape index (κ2) is 5.67. The van der Waals surface area contributed by atoms with Crippen molar-refractivity contribution in [1.82, 2.24) is 0 Å². The maximum absolute atomic E-state index is 13.8. The second-order valence-electron chi connectivity index (χ2n) is 4.77. The van der Waals surface area contributed by atoms with Gasteiger partial charge in [-0.05, 0) is 31.9 Å². The number of aliphatic hydroxyl groups excluding tert-OH is 1. The fourth-order valence-corrected chi connectivity index (χ4v) is 2.55. The van der Waals surface area contributed by atoms with E-state index in [9.17, 15) is 9.50 Å². The Morgan fingerprint density at radius 3 is 2.61 bits per heavy atom. The molecule has 0 radical (unpaired) electrons. The predicted molar refractivity (Wildman–Crippen MR) is 69.3 cm³/mol. The van der Waals surface area contributed by atoms with Crippen molar-refractivity contribution < 1.29 is 14.2 Å². The van der Waals surface area contributed by atoms with E-state index in [-0.39, 0.29) is 5.82 Å². The van der Waals surface area contributed by atoms with Crippen molar-refractivity contribution in [2.24, 2.45) is 0 Å². The van der Waals surface area contributed by atoms with Gasteiger partial charge in [-0.2, -0.15) is 0 Å². The molecule has 0 aromatic heterocycles. The first-order valence-corrected chi connectivity index (χ1v) is 6.37. The number of piperidine rings is 1. The Balaban J connectivity index is 2.21. The van der Waals surface area contributed by atoms with Gasteiger partial charge in [0.2, 0.25) is 0 Å². The van der Waals surface area contributed by atoms with Crippen molar-refractivity contribution in [3.05, 3.63) is 29.6 Å². The molecule has 3 nitrogen and oxygen atoms in total. The molecule has 1 heterocycles. The normalized spacial score (nSPS) is 19.0. The first-order valence-electron chi connectivity index (χ1n) is 6.37. The van der Waals surface area contributed by atoms with Gasteiger partial charge in [-0.15, -0.1) is 0 Å². The van der Waals surface area contributed by atoms with E-state index in [4.69, 9.17) is 4.74 Å². The van der Waals surface area contributed by atoms with Gasteiger partial charge in [0.25, 0.3) is 0 Å². The number of benzene rings is 1. The Bertz CT molecular complexity index is 401. The minimum Gasteiger partial charge on any atom is -0.389 e. The Morgan fingerprint density at radius 1 is 1.39 bits per heavy atom. The van der Waals surface area contributed by atoms with Crippen LogP contribution in [0.5, 0.6) is 0 Å². The van der Waals surface area contributed by atoms with Crippen molar-refractivity contribution in [3.63, 3.8) is 0 Å². The topological polar surface area (TPSA) is 32.7 Å². The average molecular weight is 253 g/mol. The van der Waals surface area contributed by atoms with Crippen LogP contribution in [-0.4, -0.2) is 31.4 Å². The molecule has 1 aromatic rings. The van der Waals surface area contributed by atoms with E-state index in [0.717, 1.165) is 31.6 Å². The first-order chi connectivity index (χ1) is 8.63. The fourth-order valence-electron chi connectivity index (χ4n) is 2.55. The second-order valence-corrected chi connectivity index (χ2v) is 4.77. The highest BCUT2D eigenvalue weighted by Gasteiger charge is 2.23. The van der Waals surface area contributed by atoms with Gasteiger partial charge < -0.3 is 14.7 Å². The van der Waals surface area contributed by atoms with Crippen LogP contribution in [0.3, 0.4) is 0 Å². The smallest absolute Gasteiger partial charge is 0.131 e. The quantitative estimate of drug-likeness (QED) is 0.898. The molecule has 0 amide bonds. The van der Waals surface area contributed by atoms with Gasteiger partial charge in [0.05, 0.1) is 12.2 Å². The SMILES string of the molecule is COC1CCN(c2cccc(F)c2[C@@H](C)O)CC1. The molecule has 0 saturated carbocycles. The van der Waals surface area contributed by atoms with Crippen molar-refractivity contribution >= 4 is 5.69 Å². The van der Waals surface area contributed by atoms with E-state index in [1.807, 2.05) is 6.07 Å². The fraction of sp³-hybridized carbons (Fsp3) is 0.571. The van der Waals surface area contributed by atoms with E-state index in [2.05, 4.69) is 4.90 Å². The van der Waals surface area contributed by atoms with Crippen LogP contribution in [0, 0.1) is 5.82 Å². The van der Waals surface area contributed by atoms with Crippen LogP contribution < -0.4 is 4.90 Å². The van der Waals surface area contributed by atoms with E-state index >= 15 is 0 Å². The number of nitrogens with zero attached hydrogens (tertiary/aromatic N) is 1. The summed E-state index contributed by atoms with van der Waals surface area (Å²) in [6, 6.07) is 4.96. The van der Waals surface area contributed by atoms with Crippen LogP contribution in [0.25, 0.3) is 0 Å². The van der Waals surface area contributed by atoms with Gasteiger partial charge >= 0.3 is 0 Å². The van der Waals surface area contributed by atoms with Crippen LogP contribution in [-0.2, 0) is 4.74 Å². The molecule has 0 unspecified atom stereocenters. The number of rotatable bonds is 3. The summed E-state index contributed by atoms with van der Waals surface area (Å²) in [5.41, 5.74) is 1.20. The molecule has 1 atom stereocenters. The zero-order chi connectivity index (χ0) is 13.1. The average Bonchev–Trinajstić information content (AvgIpc) is 2.38. The van der Waals surface area contributed by atoms with E-state index in [1.165, 1.54) is 6.07 Å². The molecule has 1 aliphatic heterocycles. The molecule has 100 valence electrons. The third-order valence-corrected chi connectivity index (χ3v) is 3.56. The molecule has 1 N–H and O–H groups in total. The number of ether oxygens (including phenoxy) is 1. The van der Waals surface area contributed by atoms with Crippen LogP contribution in [0.1, 0.15) is 31.4 Å². The number of hydrogen-bond donors (Lipinski definition) is 1. The number of anilines is 1. The number of halogens is 1.